The number of carboxylic acid groups (broad SMARTS) is 1. The van der Waals surface area contributed by atoms with Gasteiger partial charge in [0.15, 0.2) is 0 Å². The van der Waals surface area contributed by atoms with E-state index in [2.05, 4.69) is 4.98 Å². The molecule has 0 atom stereocenters. The van der Waals surface area contributed by atoms with Gasteiger partial charge >= 0.3 is 5.97 Å². The van der Waals surface area contributed by atoms with Crippen molar-refractivity contribution in [3.05, 3.63) is 34.5 Å². The normalized spacial score (nSPS) is 11.0. The van der Waals surface area contributed by atoms with Crippen LogP contribution in [0.3, 0.4) is 0 Å². The van der Waals surface area contributed by atoms with E-state index in [1.54, 1.807) is 0 Å². The molecule has 4 N–H and O–H groups in total. The minimum atomic E-state index is -0.927. The molecule has 0 fully saturated rings. The zero-order valence-electron chi connectivity index (χ0n) is 10.0. The number of aromatic nitrogens is 1. The van der Waals surface area contributed by atoms with Crippen molar-refractivity contribution in [3.8, 4) is 0 Å². The van der Waals surface area contributed by atoms with Crippen molar-refractivity contribution in [2.75, 3.05) is 6.54 Å². The number of benzene rings is 1. The maximum atomic E-state index is 11.2. The summed E-state index contributed by atoms with van der Waals surface area (Å²) in [5.74, 6) is -0.927. The van der Waals surface area contributed by atoms with Crippen molar-refractivity contribution in [2.24, 2.45) is 5.73 Å². The van der Waals surface area contributed by atoms with Gasteiger partial charge in [0.2, 0.25) is 0 Å². The third-order valence-electron chi connectivity index (χ3n) is 3.08. The topological polar surface area (TPSA) is 79.1 Å². The molecular formula is C13H16N2O2. The number of hydrogen-bond acceptors (Lipinski definition) is 2. The predicted molar refractivity (Wildman–Crippen MR) is 67.5 cm³/mol. The molecule has 1 aromatic heterocycles. The Hall–Kier alpha value is -1.81. The molecule has 90 valence electrons. The van der Waals surface area contributed by atoms with Gasteiger partial charge in [-0.15, -0.1) is 0 Å². The van der Waals surface area contributed by atoms with E-state index in [9.17, 15) is 9.90 Å². The summed E-state index contributed by atoms with van der Waals surface area (Å²) in [7, 11) is 0. The Bertz CT molecular complexity index is 585. The van der Waals surface area contributed by atoms with Gasteiger partial charge in [-0.3, -0.25) is 0 Å². The lowest BCUT2D eigenvalue weighted by Gasteiger charge is -2.03. The number of nitrogens with one attached hydrogen (secondary N) is 1. The zero-order valence-corrected chi connectivity index (χ0v) is 10.0. The number of hydrogen-bond donors (Lipinski definition) is 3. The number of fused-ring (bicyclic) bond motifs is 1. The highest BCUT2D eigenvalue weighted by molar-refractivity contribution is 5.99. The first kappa shape index (κ1) is 11.7. The fourth-order valence-electron chi connectivity index (χ4n) is 2.26. The Balaban J connectivity index is 2.84. The molecule has 0 aliphatic carbocycles. The molecule has 0 saturated carbocycles. The van der Waals surface area contributed by atoms with E-state index in [1.807, 2.05) is 26.0 Å². The fourth-order valence-corrected chi connectivity index (χ4v) is 2.26. The van der Waals surface area contributed by atoms with E-state index in [-0.39, 0.29) is 5.69 Å². The van der Waals surface area contributed by atoms with E-state index >= 15 is 0 Å². The minimum absolute atomic E-state index is 0.267. The molecule has 17 heavy (non-hydrogen) atoms. The molecule has 2 aromatic rings. The summed E-state index contributed by atoms with van der Waals surface area (Å²) in [5, 5.41) is 10.2. The van der Waals surface area contributed by atoms with Gasteiger partial charge in [-0.25, -0.2) is 4.79 Å². The number of aromatic amines is 1. The lowest BCUT2D eigenvalue weighted by atomic mass is 10.0. The van der Waals surface area contributed by atoms with Gasteiger partial charge in [0, 0.05) is 10.9 Å². The Morgan fingerprint density at radius 1 is 1.35 bits per heavy atom. The smallest absolute Gasteiger partial charge is 0.352 e. The van der Waals surface area contributed by atoms with Crippen LogP contribution >= 0.6 is 0 Å². The van der Waals surface area contributed by atoms with Gasteiger partial charge < -0.3 is 15.8 Å². The van der Waals surface area contributed by atoms with Gasteiger partial charge in [-0.1, -0.05) is 12.1 Å². The lowest BCUT2D eigenvalue weighted by Crippen LogP contribution is -2.07. The molecule has 0 amide bonds. The van der Waals surface area contributed by atoms with Gasteiger partial charge in [0.05, 0.1) is 0 Å². The molecule has 0 unspecified atom stereocenters. The maximum absolute atomic E-state index is 11.2. The number of nitrogens with two attached hydrogens (primary N) is 1. The molecular weight excluding hydrogens is 216 g/mol. The van der Waals surface area contributed by atoms with E-state index in [4.69, 9.17) is 5.73 Å². The Kier molecular flexibility index (Phi) is 2.90. The quantitative estimate of drug-likeness (QED) is 0.757. The van der Waals surface area contributed by atoms with Crippen molar-refractivity contribution in [1.82, 2.24) is 4.98 Å². The number of aromatic carboxylic acids is 1. The van der Waals surface area contributed by atoms with Crippen LogP contribution in [-0.2, 0) is 6.42 Å². The summed E-state index contributed by atoms with van der Waals surface area (Å²) in [6, 6.07) is 4.00. The summed E-state index contributed by atoms with van der Waals surface area (Å²) < 4.78 is 0. The number of carboxylic acids is 1. The monoisotopic (exact) mass is 232 g/mol. The summed E-state index contributed by atoms with van der Waals surface area (Å²) in [4.78, 5) is 14.2. The summed E-state index contributed by atoms with van der Waals surface area (Å²) >= 11 is 0. The molecule has 1 aromatic carbocycles. The summed E-state index contributed by atoms with van der Waals surface area (Å²) in [6.07, 6.45) is 0.575. The lowest BCUT2D eigenvalue weighted by molar-refractivity contribution is 0.0690. The molecule has 4 heteroatoms. The van der Waals surface area contributed by atoms with Crippen LogP contribution in [-0.4, -0.2) is 22.6 Å². The standard InChI is InChI=1S/C13H16N2O2/c1-7-3-4-8(2)11-10(7)9(5-6-14)12(15-11)13(16)17/h3-4,15H,5-6,14H2,1-2H3,(H,16,17). The summed E-state index contributed by atoms with van der Waals surface area (Å²) in [5.41, 5.74) is 9.69. The van der Waals surface area contributed by atoms with Crippen LogP contribution in [0.4, 0.5) is 0 Å². The number of rotatable bonds is 3. The van der Waals surface area contributed by atoms with Crippen molar-refractivity contribution >= 4 is 16.9 Å². The SMILES string of the molecule is Cc1ccc(C)c2c(CCN)c(C(=O)O)[nH]c12. The Morgan fingerprint density at radius 3 is 2.59 bits per heavy atom. The van der Waals surface area contributed by atoms with E-state index in [0.717, 1.165) is 27.6 Å². The zero-order chi connectivity index (χ0) is 12.6. The van der Waals surface area contributed by atoms with Crippen molar-refractivity contribution < 1.29 is 9.90 Å². The van der Waals surface area contributed by atoms with Crippen molar-refractivity contribution in [1.29, 1.82) is 0 Å². The highest BCUT2D eigenvalue weighted by Gasteiger charge is 2.18. The molecule has 0 saturated heterocycles. The molecule has 0 aliphatic rings. The van der Waals surface area contributed by atoms with Crippen LogP contribution in [0.25, 0.3) is 10.9 Å². The van der Waals surface area contributed by atoms with Gasteiger partial charge in [0.25, 0.3) is 0 Å². The van der Waals surface area contributed by atoms with Gasteiger partial charge in [0.1, 0.15) is 5.69 Å². The highest BCUT2D eigenvalue weighted by atomic mass is 16.4. The van der Waals surface area contributed by atoms with E-state index in [1.165, 1.54) is 0 Å². The number of carbonyl (C=O) groups is 1. The van der Waals surface area contributed by atoms with Crippen molar-refractivity contribution in [3.63, 3.8) is 0 Å². The Morgan fingerprint density at radius 2 is 2.00 bits per heavy atom. The van der Waals surface area contributed by atoms with E-state index < -0.39 is 5.97 Å². The number of aryl methyl sites for hydroxylation is 2. The maximum Gasteiger partial charge on any atom is 0.352 e. The molecule has 0 bridgehead atoms. The van der Waals surface area contributed by atoms with Crippen LogP contribution in [0.15, 0.2) is 12.1 Å². The molecule has 1 heterocycles. The fraction of sp³-hybridized carbons (Fsp3) is 0.308. The summed E-state index contributed by atoms with van der Waals surface area (Å²) in [6.45, 7) is 4.40. The van der Waals surface area contributed by atoms with Crippen LogP contribution in [0, 0.1) is 13.8 Å². The average Bonchev–Trinajstić information content (AvgIpc) is 2.65. The number of H-pyrrole nitrogens is 1. The van der Waals surface area contributed by atoms with Gasteiger partial charge in [-0.05, 0) is 43.5 Å². The first-order valence-electron chi connectivity index (χ1n) is 5.60. The predicted octanol–water partition coefficient (Wildman–Crippen LogP) is 1.98. The van der Waals surface area contributed by atoms with Crippen LogP contribution in [0.2, 0.25) is 0 Å². The highest BCUT2D eigenvalue weighted by Crippen LogP contribution is 2.28. The van der Waals surface area contributed by atoms with Crippen molar-refractivity contribution in [2.45, 2.75) is 20.3 Å². The second-order valence-electron chi connectivity index (χ2n) is 4.27. The van der Waals surface area contributed by atoms with Crippen LogP contribution in [0.5, 0.6) is 0 Å². The molecule has 0 radical (unpaired) electrons. The first-order valence-corrected chi connectivity index (χ1v) is 5.60. The Labute approximate surface area is 99.4 Å². The molecule has 4 nitrogen and oxygen atoms in total. The first-order chi connectivity index (χ1) is 8.06. The largest absolute Gasteiger partial charge is 0.477 e. The van der Waals surface area contributed by atoms with Crippen LogP contribution in [0.1, 0.15) is 27.2 Å². The van der Waals surface area contributed by atoms with E-state index in [0.29, 0.717) is 13.0 Å². The third kappa shape index (κ3) is 1.80. The molecule has 0 aliphatic heterocycles. The third-order valence-corrected chi connectivity index (χ3v) is 3.08. The minimum Gasteiger partial charge on any atom is -0.477 e. The molecule has 0 spiro atoms. The second kappa shape index (κ2) is 4.22. The average molecular weight is 232 g/mol. The van der Waals surface area contributed by atoms with Gasteiger partial charge in [-0.2, -0.15) is 0 Å². The molecule has 2 rings (SSSR count). The second-order valence-corrected chi connectivity index (χ2v) is 4.27. The van der Waals surface area contributed by atoms with Crippen LogP contribution < -0.4 is 5.73 Å².